The van der Waals surface area contributed by atoms with Crippen LogP contribution in [-0.2, 0) is 4.79 Å². The Morgan fingerprint density at radius 3 is 2.92 bits per heavy atom. The van der Waals surface area contributed by atoms with Crippen molar-refractivity contribution < 1.29 is 14.3 Å². The number of para-hydroxylation sites is 1. The van der Waals surface area contributed by atoms with Gasteiger partial charge in [-0.3, -0.25) is 9.59 Å². The molecular weight excluding hydrogens is 314 g/mol. The maximum atomic E-state index is 13.1. The fraction of sp³-hybridized carbons (Fsp3) is 0.619. The summed E-state index contributed by atoms with van der Waals surface area (Å²) in [5, 5.41) is 0. The molecule has 2 heterocycles. The van der Waals surface area contributed by atoms with E-state index in [1.165, 1.54) is 6.42 Å². The lowest BCUT2D eigenvalue weighted by atomic mass is 9.84. The van der Waals surface area contributed by atoms with Crippen molar-refractivity contribution in [3.63, 3.8) is 0 Å². The van der Waals surface area contributed by atoms with Crippen molar-refractivity contribution in [1.29, 1.82) is 0 Å². The van der Waals surface area contributed by atoms with Crippen LogP contribution >= 0.6 is 0 Å². The molecule has 0 unspecified atom stereocenters. The molecule has 1 saturated heterocycles. The number of ketones is 1. The van der Waals surface area contributed by atoms with E-state index in [2.05, 4.69) is 11.8 Å². The fourth-order valence-corrected chi connectivity index (χ4v) is 5.72. The standard InChI is InChI=1S/C21H25NO3/c1-13-6-4-5-11-22(13)20(24)18-15-9-10-21(19(15)18)12-16(23)14-7-2-3-8-17(14)25-21/h2-3,7-8,13,15,18-19H,4-6,9-12H2,1H3/t13-,15+,18+,19-,21+/m0/s1. The Morgan fingerprint density at radius 2 is 2.08 bits per heavy atom. The van der Waals surface area contributed by atoms with E-state index in [-0.39, 0.29) is 17.6 Å². The quantitative estimate of drug-likeness (QED) is 0.787. The van der Waals surface area contributed by atoms with Gasteiger partial charge in [0.1, 0.15) is 11.4 Å². The number of hydrogen-bond donors (Lipinski definition) is 0. The minimum atomic E-state index is -0.435. The van der Waals surface area contributed by atoms with Gasteiger partial charge in [0.2, 0.25) is 5.91 Å². The van der Waals surface area contributed by atoms with Crippen LogP contribution in [0.2, 0.25) is 0 Å². The Kier molecular flexibility index (Phi) is 3.28. The zero-order chi connectivity index (χ0) is 17.2. The molecule has 0 radical (unpaired) electrons. The molecule has 4 heteroatoms. The van der Waals surface area contributed by atoms with Crippen LogP contribution in [0.3, 0.4) is 0 Å². The van der Waals surface area contributed by atoms with Crippen LogP contribution < -0.4 is 4.74 Å². The molecule has 3 fully saturated rings. The predicted molar refractivity (Wildman–Crippen MR) is 93.5 cm³/mol. The number of piperidine rings is 1. The molecule has 5 rings (SSSR count). The van der Waals surface area contributed by atoms with E-state index in [9.17, 15) is 9.59 Å². The van der Waals surface area contributed by atoms with Crippen LogP contribution in [0, 0.1) is 17.8 Å². The Bertz CT molecular complexity index is 744. The second-order valence-corrected chi connectivity index (χ2v) is 8.39. The summed E-state index contributed by atoms with van der Waals surface area (Å²) in [6.07, 6.45) is 5.80. The smallest absolute Gasteiger partial charge is 0.226 e. The molecule has 2 aliphatic carbocycles. The van der Waals surface area contributed by atoms with Gasteiger partial charge in [-0.05, 0) is 57.1 Å². The molecular formula is C21H25NO3. The molecule has 132 valence electrons. The predicted octanol–water partition coefficient (Wildman–Crippen LogP) is 3.45. The summed E-state index contributed by atoms with van der Waals surface area (Å²) in [6, 6.07) is 7.90. The Morgan fingerprint density at radius 1 is 1.24 bits per heavy atom. The summed E-state index contributed by atoms with van der Waals surface area (Å²) in [5.74, 6) is 1.92. The Balaban J connectivity index is 1.40. The van der Waals surface area contributed by atoms with Gasteiger partial charge in [0.25, 0.3) is 0 Å². The molecule has 4 nitrogen and oxygen atoms in total. The molecule has 1 amide bonds. The number of benzene rings is 1. The maximum absolute atomic E-state index is 13.1. The molecule has 2 saturated carbocycles. The van der Waals surface area contributed by atoms with E-state index >= 15 is 0 Å². The minimum Gasteiger partial charge on any atom is -0.486 e. The summed E-state index contributed by atoms with van der Waals surface area (Å²) in [6.45, 7) is 3.06. The van der Waals surface area contributed by atoms with E-state index in [1.807, 2.05) is 24.3 Å². The molecule has 0 N–H and O–H groups in total. The number of rotatable bonds is 1. The van der Waals surface area contributed by atoms with Crippen LogP contribution in [0.4, 0.5) is 0 Å². The van der Waals surface area contributed by atoms with Crippen LogP contribution in [0.15, 0.2) is 24.3 Å². The lowest BCUT2D eigenvalue weighted by molar-refractivity contribution is -0.137. The second-order valence-electron chi connectivity index (χ2n) is 8.39. The van der Waals surface area contributed by atoms with Gasteiger partial charge in [-0.25, -0.2) is 0 Å². The van der Waals surface area contributed by atoms with Gasteiger partial charge in [-0.1, -0.05) is 12.1 Å². The third kappa shape index (κ3) is 2.19. The highest BCUT2D eigenvalue weighted by atomic mass is 16.5. The number of carbonyl (C=O) groups excluding carboxylic acids is 2. The molecule has 5 atom stereocenters. The van der Waals surface area contributed by atoms with Gasteiger partial charge in [0.15, 0.2) is 5.78 Å². The Labute approximate surface area is 148 Å². The van der Waals surface area contributed by atoms with Crippen molar-refractivity contribution in [2.24, 2.45) is 17.8 Å². The topological polar surface area (TPSA) is 46.6 Å². The highest BCUT2D eigenvalue weighted by Crippen LogP contribution is 2.66. The number of fused-ring (bicyclic) bond motifs is 3. The van der Waals surface area contributed by atoms with Gasteiger partial charge in [-0.2, -0.15) is 0 Å². The monoisotopic (exact) mass is 339 g/mol. The van der Waals surface area contributed by atoms with Gasteiger partial charge in [0, 0.05) is 24.4 Å². The number of nitrogens with zero attached hydrogens (tertiary/aromatic N) is 1. The number of Topliss-reactive ketones (excluding diaryl/α,β-unsaturated/α-hetero) is 1. The minimum absolute atomic E-state index is 0.0763. The van der Waals surface area contributed by atoms with Crippen molar-refractivity contribution in [2.75, 3.05) is 6.54 Å². The van der Waals surface area contributed by atoms with E-state index in [4.69, 9.17) is 4.74 Å². The molecule has 4 aliphatic rings. The summed E-state index contributed by atoms with van der Waals surface area (Å²) in [7, 11) is 0. The fourth-order valence-electron chi connectivity index (χ4n) is 5.72. The van der Waals surface area contributed by atoms with Crippen molar-refractivity contribution in [3.8, 4) is 5.75 Å². The lowest BCUT2D eigenvalue weighted by Crippen LogP contribution is -2.47. The first kappa shape index (κ1) is 15.4. The molecule has 25 heavy (non-hydrogen) atoms. The zero-order valence-corrected chi connectivity index (χ0v) is 14.7. The van der Waals surface area contributed by atoms with Crippen molar-refractivity contribution in [3.05, 3.63) is 29.8 Å². The van der Waals surface area contributed by atoms with Crippen molar-refractivity contribution >= 4 is 11.7 Å². The Hall–Kier alpha value is -1.84. The van der Waals surface area contributed by atoms with Gasteiger partial charge < -0.3 is 9.64 Å². The molecule has 1 spiro atoms. The largest absolute Gasteiger partial charge is 0.486 e. The maximum Gasteiger partial charge on any atom is 0.226 e. The molecule has 0 bridgehead atoms. The normalized spacial score (nSPS) is 38.9. The molecule has 2 aliphatic heterocycles. The van der Waals surface area contributed by atoms with Crippen molar-refractivity contribution in [1.82, 2.24) is 4.90 Å². The number of amides is 1. The summed E-state index contributed by atoms with van der Waals surface area (Å²) in [4.78, 5) is 27.9. The van der Waals surface area contributed by atoms with Crippen LogP contribution in [0.5, 0.6) is 5.75 Å². The number of hydrogen-bond acceptors (Lipinski definition) is 3. The van der Waals surface area contributed by atoms with Crippen LogP contribution in [-0.4, -0.2) is 34.8 Å². The van der Waals surface area contributed by atoms with Gasteiger partial charge in [0.05, 0.1) is 12.0 Å². The molecule has 1 aromatic carbocycles. The third-order valence-electron chi connectivity index (χ3n) is 7.01. The average Bonchev–Trinajstić information content (AvgIpc) is 3.26. The van der Waals surface area contributed by atoms with E-state index < -0.39 is 5.60 Å². The molecule has 1 aromatic rings. The first-order chi connectivity index (χ1) is 12.1. The molecule has 0 aromatic heterocycles. The van der Waals surface area contributed by atoms with Gasteiger partial charge in [-0.15, -0.1) is 0 Å². The van der Waals surface area contributed by atoms with E-state index in [1.54, 1.807) is 0 Å². The summed E-state index contributed by atoms with van der Waals surface area (Å²) in [5.41, 5.74) is 0.264. The van der Waals surface area contributed by atoms with E-state index in [0.29, 0.717) is 35.6 Å². The second kappa shape index (κ2) is 5.33. The third-order valence-corrected chi connectivity index (χ3v) is 7.01. The lowest BCUT2D eigenvalue weighted by Gasteiger charge is -2.38. The number of ether oxygens (including phenoxy) is 1. The van der Waals surface area contributed by atoms with Crippen LogP contribution in [0.25, 0.3) is 0 Å². The van der Waals surface area contributed by atoms with Gasteiger partial charge >= 0.3 is 0 Å². The number of carbonyl (C=O) groups is 2. The van der Waals surface area contributed by atoms with Crippen molar-refractivity contribution in [2.45, 2.75) is 57.1 Å². The SMILES string of the molecule is C[C@H]1CCCCN1C(=O)[C@@H]1[C@H]2CC[C@@]3(CC(=O)c4ccccc4O3)[C@@H]21. The first-order valence-electron chi connectivity index (χ1n) is 9.72. The average molecular weight is 339 g/mol. The zero-order valence-electron chi connectivity index (χ0n) is 14.7. The number of likely N-dealkylation sites (tertiary alicyclic amines) is 1. The highest BCUT2D eigenvalue weighted by Gasteiger charge is 2.71. The highest BCUT2D eigenvalue weighted by molar-refractivity contribution is 6.00. The van der Waals surface area contributed by atoms with E-state index in [0.717, 1.165) is 32.2 Å². The summed E-state index contributed by atoms with van der Waals surface area (Å²) >= 11 is 0. The summed E-state index contributed by atoms with van der Waals surface area (Å²) < 4.78 is 6.41. The first-order valence-corrected chi connectivity index (χ1v) is 9.72. The van der Waals surface area contributed by atoms with Crippen LogP contribution in [0.1, 0.15) is 55.8 Å².